The molecule has 1 fully saturated rings. The molecule has 6 heteroatoms. The second-order valence-electron chi connectivity index (χ2n) is 5.23. The predicted molar refractivity (Wildman–Crippen MR) is 89.8 cm³/mol. The van der Waals surface area contributed by atoms with E-state index in [1.807, 2.05) is 25.1 Å². The molecule has 22 heavy (non-hydrogen) atoms. The first-order valence-corrected chi connectivity index (χ1v) is 7.82. The molecule has 0 aliphatic carbocycles. The van der Waals surface area contributed by atoms with Crippen molar-refractivity contribution < 1.29 is 9.84 Å². The molecule has 1 unspecified atom stereocenters. The highest BCUT2D eigenvalue weighted by Crippen LogP contribution is 2.30. The van der Waals surface area contributed by atoms with Gasteiger partial charge in [-0.05, 0) is 25.5 Å². The number of nitrogens with zero attached hydrogens (tertiary/aromatic N) is 2. The Morgan fingerprint density at radius 3 is 3.00 bits per heavy atom. The Hall–Kier alpha value is -1.95. The zero-order valence-corrected chi connectivity index (χ0v) is 13.4. The van der Waals surface area contributed by atoms with E-state index >= 15 is 0 Å². The van der Waals surface area contributed by atoms with Crippen LogP contribution in [0.1, 0.15) is 13.3 Å². The number of aliphatic hydroxyl groups is 1. The third kappa shape index (κ3) is 4.27. The predicted octanol–water partition coefficient (Wildman–Crippen LogP) is 0.821. The maximum Gasteiger partial charge on any atom is 0.191 e. The minimum atomic E-state index is 0.0641. The van der Waals surface area contributed by atoms with E-state index in [9.17, 15) is 0 Å². The van der Waals surface area contributed by atoms with Crippen molar-refractivity contribution in [2.24, 2.45) is 4.99 Å². The Morgan fingerprint density at radius 1 is 1.45 bits per heavy atom. The van der Waals surface area contributed by atoms with Crippen molar-refractivity contribution in [1.29, 1.82) is 0 Å². The Bertz CT molecular complexity index is 493. The van der Waals surface area contributed by atoms with Gasteiger partial charge in [0.1, 0.15) is 5.75 Å². The number of nitrogens with one attached hydrogen (secondary N) is 2. The van der Waals surface area contributed by atoms with E-state index in [4.69, 9.17) is 9.84 Å². The molecule has 0 radical (unpaired) electrons. The summed E-state index contributed by atoms with van der Waals surface area (Å²) in [5, 5.41) is 15.5. The smallest absolute Gasteiger partial charge is 0.191 e. The maximum atomic E-state index is 8.91. The fourth-order valence-corrected chi connectivity index (χ4v) is 2.66. The summed E-state index contributed by atoms with van der Waals surface area (Å²) in [5.74, 6) is 1.67. The van der Waals surface area contributed by atoms with Crippen LogP contribution < -0.4 is 20.3 Å². The summed E-state index contributed by atoms with van der Waals surface area (Å²) in [4.78, 5) is 6.65. The van der Waals surface area contributed by atoms with Gasteiger partial charge >= 0.3 is 0 Å². The molecule has 1 aliphatic rings. The normalized spacial score (nSPS) is 18.4. The van der Waals surface area contributed by atoms with Crippen LogP contribution in [0.5, 0.6) is 5.75 Å². The average molecular weight is 306 g/mol. The minimum absolute atomic E-state index is 0.0641. The van der Waals surface area contributed by atoms with E-state index in [1.165, 1.54) is 0 Å². The van der Waals surface area contributed by atoms with E-state index in [0.29, 0.717) is 12.6 Å². The summed E-state index contributed by atoms with van der Waals surface area (Å²) in [5.41, 5.74) is 1.13. The monoisotopic (exact) mass is 306 g/mol. The summed E-state index contributed by atoms with van der Waals surface area (Å²) in [7, 11) is 1.70. The number of hydrogen-bond acceptors (Lipinski definition) is 4. The lowest BCUT2D eigenvalue weighted by Crippen LogP contribution is -2.44. The van der Waals surface area contributed by atoms with Crippen LogP contribution in [0.25, 0.3) is 0 Å². The molecule has 3 N–H and O–H groups in total. The van der Waals surface area contributed by atoms with Crippen LogP contribution in [0.4, 0.5) is 5.69 Å². The number of benzene rings is 1. The highest BCUT2D eigenvalue weighted by molar-refractivity contribution is 5.80. The first-order chi connectivity index (χ1) is 10.8. The van der Waals surface area contributed by atoms with Gasteiger partial charge in [0, 0.05) is 25.7 Å². The third-order valence-corrected chi connectivity index (χ3v) is 3.67. The van der Waals surface area contributed by atoms with Crippen LogP contribution in [0, 0.1) is 0 Å². The molecule has 1 saturated heterocycles. The first-order valence-electron chi connectivity index (χ1n) is 7.82. The lowest BCUT2D eigenvalue weighted by molar-refractivity contribution is 0.306. The number of hydrogen-bond donors (Lipinski definition) is 3. The summed E-state index contributed by atoms with van der Waals surface area (Å²) < 4.78 is 5.44. The molecule has 0 spiro atoms. The van der Waals surface area contributed by atoms with Crippen molar-refractivity contribution in [3.8, 4) is 5.75 Å². The van der Waals surface area contributed by atoms with Gasteiger partial charge in [-0.15, -0.1) is 0 Å². The van der Waals surface area contributed by atoms with E-state index in [2.05, 4.69) is 26.6 Å². The molecule has 1 aromatic carbocycles. The molecule has 0 bridgehead atoms. The first kappa shape index (κ1) is 16.4. The van der Waals surface area contributed by atoms with Gasteiger partial charge in [-0.2, -0.15) is 0 Å². The quantitative estimate of drug-likeness (QED) is 0.536. The lowest BCUT2D eigenvalue weighted by atomic mass is 10.2. The highest BCUT2D eigenvalue weighted by Gasteiger charge is 2.25. The number of ether oxygens (including phenoxy) is 1. The molecule has 1 aliphatic heterocycles. The van der Waals surface area contributed by atoms with Crippen molar-refractivity contribution >= 4 is 11.6 Å². The summed E-state index contributed by atoms with van der Waals surface area (Å²) in [6.45, 7) is 5.21. The van der Waals surface area contributed by atoms with Crippen LogP contribution >= 0.6 is 0 Å². The molecule has 0 aromatic heterocycles. The molecule has 6 nitrogen and oxygen atoms in total. The summed E-state index contributed by atoms with van der Waals surface area (Å²) in [6.07, 6.45) is 1.04. The molecule has 122 valence electrons. The van der Waals surface area contributed by atoms with E-state index in [-0.39, 0.29) is 6.61 Å². The molecule has 0 amide bonds. The molecular weight excluding hydrogens is 280 g/mol. The Labute approximate surface area is 132 Å². The Balaban J connectivity index is 1.97. The van der Waals surface area contributed by atoms with E-state index in [0.717, 1.165) is 43.5 Å². The standard InChI is InChI=1S/C16H26N4O2/c1-3-17-16(18-9-11-21)19-13-8-10-20(12-13)14-6-4-5-7-15(14)22-2/h4-7,13,21H,3,8-12H2,1-2H3,(H2,17,18,19). The minimum Gasteiger partial charge on any atom is -0.495 e. The van der Waals surface area contributed by atoms with Crippen LogP contribution in [0.3, 0.4) is 0 Å². The summed E-state index contributed by atoms with van der Waals surface area (Å²) >= 11 is 0. The van der Waals surface area contributed by atoms with Crippen LogP contribution in [-0.4, -0.2) is 57.0 Å². The van der Waals surface area contributed by atoms with E-state index in [1.54, 1.807) is 7.11 Å². The van der Waals surface area contributed by atoms with Gasteiger partial charge in [-0.1, -0.05) is 12.1 Å². The number of anilines is 1. The average Bonchev–Trinajstić information content (AvgIpc) is 3.01. The molecule has 1 atom stereocenters. The topological polar surface area (TPSA) is 69.1 Å². The van der Waals surface area contributed by atoms with Crippen molar-refractivity contribution in [2.75, 3.05) is 44.8 Å². The van der Waals surface area contributed by atoms with Gasteiger partial charge in [-0.25, -0.2) is 0 Å². The molecule has 1 aromatic rings. The largest absolute Gasteiger partial charge is 0.495 e. The second kappa shape index (κ2) is 8.48. The highest BCUT2D eigenvalue weighted by atomic mass is 16.5. The molecule has 2 rings (SSSR count). The maximum absolute atomic E-state index is 8.91. The summed E-state index contributed by atoms with van der Waals surface area (Å²) in [6, 6.07) is 8.43. The van der Waals surface area contributed by atoms with Crippen LogP contribution in [0.15, 0.2) is 29.3 Å². The van der Waals surface area contributed by atoms with Crippen molar-refractivity contribution in [3.05, 3.63) is 24.3 Å². The number of aliphatic imine (C=N–C) groups is 1. The second-order valence-corrected chi connectivity index (χ2v) is 5.23. The zero-order chi connectivity index (χ0) is 15.8. The van der Waals surface area contributed by atoms with Crippen molar-refractivity contribution in [1.82, 2.24) is 10.6 Å². The SMILES string of the molecule is CCNC(=NCCO)NC1CCN(c2ccccc2OC)C1. The zero-order valence-electron chi connectivity index (χ0n) is 13.4. The van der Waals surface area contributed by atoms with Crippen molar-refractivity contribution in [3.63, 3.8) is 0 Å². The van der Waals surface area contributed by atoms with Crippen LogP contribution in [-0.2, 0) is 0 Å². The fourth-order valence-electron chi connectivity index (χ4n) is 2.66. The van der Waals surface area contributed by atoms with Gasteiger partial charge < -0.3 is 25.4 Å². The van der Waals surface area contributed by atoms with Gasteiger partial charge in [-0.3, -0.25) is 4.99 Å². The Kier molecular flexibility index (Phi) is 6.33. The lowest BCUT2D eigenvalue weighted by Gasteiger charge is -2.22. The molecular formula is C16H26N4O2. The molecule has 0 saturated carbocycles. The van der Waals surface area contributed by atoms with Gasteiger partial charge in [0.25, 0.3) is 0 Å². The number of guanidine groups is 1. The van der Waals surface area contributed by atoms with Crippen molar-refractivity contribution in [2.45, 2.75) is 19.4 Å². The van der Waals surface area contributed by atoms with Crippen LogP contribution in [0.2, 0.25) is 0 Å². The van der Waals surface area contributed by atoms with Gasteiger partial charge in [0.15, 0.2) is 5.96 Å². The number of aliphatic hydroxyl groups excluding tert-OH is 1. The van der Waals surface area contributed by atoms with Gasteiger partial charge in [0.2, 0.25) is 0 Å². The van der Waals surface area contributed by atoms with Gasteiger partial charge in [0.05, 0.1) is 25.9 Å². The third-order valence-electron chi connectivity index (χ3n) is 3.67. The Morgan fingerprint density at radius 2 is 2.27 bits per heavy atom. The molecule has 1 heterocycles. The fraction of sp³-hybridized carbons (Fsp3) is 0.562. The number of para-hydroxylation sites is 2. The number of methoxy groups -OCH3 is 1. The van der Waals surface area contributed by atoms with E-state index < -0.39 is 0 Å². The number of rotatable bonds is 6.